The zero-order chi connectivity index (χ0) is 23.9. The maximum atomic E-state index is 13.4. The van der Waals surface area contributed by atoms with E-state index >= 15 is 0 Å². The lowest BCUT2D eigenvalue weighted by Crippen LogP contribution is -2.37. The average Bonchev–Trinajstić information content (AvgIpc) is 3.40. The molecule has 1 amide bonds. The Morgan fingerprint density at radius 2 is 1.67 bits per heavy atom. The van der Waals surface area contributed by atoms with Gasteiger partial charge in [-0.1, -0.05) is 76.9 Å². The van der Waals surface area contributed by atoms with E-state index in [0.717, 1.165) is 48.8 Å². The number of nitrogens with zero attached hydrogens (tertiary/aromatic N) is 1. The number of amides is 1. The summed E-state index contributed by atoms with van der Waals surface area (Å²) in [6.45, 7) is 10.4. The number of aliphatic hydroxyl groups is 1. The third-order valence-electron chi connectivity index (χ3n) is 7.26. The maximum absolute atomic E-state index is 13.4. The Kier molecular flexibility index (Phi) is 6.22. The minimum Gasteiger partial charge on any atom is -0.507 e. The van der Waals surface area contributed by atoms with Crippen LogP contribution in [0.1, 0.15) is 87.2 Å². The minimum atomic E-state index is -0.579. The topological polar surface area (TPSA) is 57.6 Å². The van der Waals surface area contributed by atoms with Gasteiger partial charge in [-0.15, -0.1) is 0 Å². The molecule has 2 fully saturated rings. The van der Waals surface area contributed by atoms with Crippen molar-refractivity contribution < 1.29 is 14.7 Å². The molecule has 2 aliphatic rings. The van der Waals surface area contributed by atoms with Gasteiger partial charge in [-0.2, -0.15) is 0 Å². The highest BCUT2D eigenvalue weighted by atomic mass is 16.3. The van der Waals surface area contributed by atoms with Crippen molar-refractivity contribution in [2.75, 3.05) is 0 Å². The van der Waals surface area contributed by atoms with Crippen LogP contribution in [0.25, 0.3) is 5.76 Å². The Labute approximate surface area is 197 Å². The van der Waals surface area contributed by atoms with Crippen molar-refractivity contribution in [1.82, 2.24) is 4.90 Å². The summed E-state index contributed by atoms with van der Waals surface area (Å²) in [5.41, 5.74) is 4.77. The summed E-state index contributed by atoms with van der Waals surface area (Å²) in [6, 6.07) is 13.6. The average molecular weight is 446 g/mol. The van der Waals surface area contributed by atoms with Crippen molar-refractivity contribution >= 4 is 17.4 Å². The second-order valence-corrected chi connectivity index (χ2v) is 10.5. The van der Waals surface area contributed by atoms with Crippen molar-refractivity contribution in [2.24, 2.45) is 0 Å². The van der Waals surface area contributed by atoms with Crippen LogP contribution in [0.3, 0.4) is 0 Å². The Morgan fingerprint density at radius 1 is 1.03 bits per heavy atom. The zero-order valence-electron chi connectivity index (χ0n) is 20.4. The molecule has 1 saturated carbocycles. The monoisotopic (exact) mass is 445 g/mol. The Balaban J connectivity index is 1.91. The molecule has 1 aliphatic heterocycles. The first-order valence-corrected chi connectivity index (χ1v) is 12.1. The first kappa shape index (κ1) is 23.3. The number of hydrogen-bond donors (Lipinski definition) is 1. The number of carbonyl (C=O) groups is 2. The van der Waals surface area contributed by atoms with Gasteiger partial charge in [0.15, 0.2) is 0 Å². The molecule has 1 atom stereocenters. The van der Waals surface area contributed by atoms with Gasteiger partial charge in [-0.3, -0.25) is 9.59 Å². The smallest absolute Gasteiger partial charge is 0.295 e. The molecule has 2 aromatic rings. The van der Waals surface area contributed by atoms with Crippen LogP contribution in [-0.2, 0) is 21.4 Å². The summed E-state index contributed by atoms with van der Waals surface area (Å²) < 4.78 is 0. The fourth-order valence-electron chi connectivity index (χ4n) is 5.16. The lowest BCUT2D eigenvalue weighted by Gasteiger charge is -2.31. The van der Waals surface area contributed by atoms with E-state index in [4.69, 9.17) is 0 Å². The highest BCUT2D eigenvalue weighted by Gasteiger charge is 2.49. The first-order valence-electron chi connectivity index (χ1n) is 12.1. The largest absolute Gasteiger partial charge is 0.507 e. The zero-order valence-corrected chi connectivity index (χ0v) is 20.4. The number of aryl methyl sites for hydroxylation is 2. The third-order valence-corrected chi connectivity index (χ3v) is 7.26. The summed E-state index contributed by atoms with van der Waals surface area (Å²) in [4.78, 5) is 28.4. The Bertz CT molecular complexity index is 1100. The summed E-state index contributed by atoms with van der Waals surface area (Å²) >= 11 is 0. The van der Waals surface area contributed by atoms with Gasteiger partial charge in [0.25, 0.3) is 11.7 Å². The molecule has 1 N–H and O–H groups in total. The van der Waals surface area contributed by atoms with Crippen molar-refractivity contribution in [3.63, 3.8) is 0 Å². The van der Waals surface area contributed by atoms with Crippen LogP contribution in [0.2, 0.25) is 0 Å². The van der Waals surface area contributed by atoms with Gasteiger partial charge in [0.2, 0.25) is 0 Å². The number of Topliss-reactive ketones (excluding diaryl/α,β-unsaturated/α-hetero) is 1. The quantitative estimate of drug-likeness (QED) is 0.345. The molecule has 2 aromatic carbocycles. The van der Waals surface area contributed by atoms with Gasteiger partial charge in [-0.25, -0.2) is 0 Å². The maximum Gasteiger partial charge on any atom is 0.295 e. The molecule has 4 rings (SSSR count). The van der Waals surface area contributed by atoms with Crippen molar-refractivity contribution in [3.05, 3.63) is 75.9 Å². The van der Waals surface area contributed by atoms with E-state index in [9.17, 15) is 14.7 Å². The molecular formula is C29H35NO3. The number of hydrogen-bond acceptors (Lipinski definition) is 3. The van der Waals surface area contributed by atoms with Crippen molar-refractivity contribution in [1.29, 1.82) is 0 Å². The number of likely N-dealkylation sites (tertiary alicyclic amines) is 1. The number of benzene rings is 2. The summed E-state index contributed by atoms with van der Waals surface area (Å²) in [5.74, 6) is -1.14. The van der Waals surface area contributed by atoms with Gasteiger partial charge < -0.3 is 10.0 Å². The van der Waals surface area contributed by atoms with Crippen LogP contribution in [0.15, 0.2) is 48.0 Å². The lowest BCUT2D eigenvalue weighted by molar-refractivity contribution is -0.141. The molecule has 0 radical (unpaired) electrons. The summed E-state index contributed by atoms with van der Waals surface area (Å²) in [5, 5.41) is 11.6. The van der Waals surface area contributed by atoms with Gasteiger partial charge in [0.05, 0.1) is 11.6 Å². The molecule has 0 aromatic heterocycles. The second-order valence-electron chi connectivity index (χ2n) is 10.5. The Hall–Kier alpha value is -2.88. The van der Waals surface area contributed by atoms with E-state index in [2.05, 4.69) is 45.9 Å². The van der Waals surface area contributed by atoms with Crippen LogP contribution in [0.5, 0.6) is 0 Å². The van der Waals surface area contributed by atoms with E-state index in [0.29, 0.717) is 5.56 Å². The molecule has 4 heteroatoms. The molecule has 33 heavy (non-hydrogen) atoms. The third kappa shape index (κ3) is 4.23. The normalized spacial score (nSPS) is 21.2. The van der Waals surface area contributed by atoms with E-state index in [1.807, 2.05) is 31.2 Å². The highest BCUT2D eigenvalue weighted by molar-refractivity contribution is 6.46. The number of rotatable bonds is 4. The van der Waals surface area contributed by atoms with Crippen LogP contribution < -0.4 is 0 Å². The van der Waals surface area contributed by atoms with Crippen molar-refractivity contribution in [2.45, 2.75) is 84.2 Å². The first-order chi connectivity index (χ1) is 15.6. The predicted octanol–water partition coefficient (Wildman–Crippen LogP) is 6.22. The molecule has 1 saturated heterocycles. The van der Waals surface area contributed by atoms with Crippen LogP contribution in [0, 0.1) is 6.92 Å². The molecule has 4 nitrogen and oxygen atoms in total. The molecule has 1 aliphatic carbocycles. The summed E-state index contributed by atoms with van der Waals surface area (Å²) in [6.07, 6.45) is 4.83. The van der Waals surface area contributed by atoms with Crippen LogP contribution in [0.4, 0.5) is 0 Å². The fraction of sp³-hybridized carbons (Fsp3) is 0.448. The standard InChI is InChI=1S/C29H35NO3/c1-6-19-12-14-20(15-13-19)25-24(27(32)28(33)30(25)22-9-7-8-10-22)26(31)23-17-21(29(3,4)5)16-11-18(23)2/h11-17,22,25,31H,6-10H2,1-5H3/b26-24+. The highest BCUT2D eigenvalue weighted by Crippen LogP contribution is 2.44. The molecular weight excluding hydrogens is 410 g/mol. The van der Waals surface area contributed by atoms with Crippen LogP contribution in [-0.4, -0.2) is 27.7 Å². The fourth-order valence-corrected chi connectivity index (χ4v) is 5.16. The molecule has 0 spiro atoms. The number of ketones is 1. The van der Waals surface area contributed by atoms with Gasteiger partial charge >= 0.3 is 0 Å². The molecule has 0 bridgehead atoms. The number of aliphatic hydroxyl groups excluding tert-OH is 1. The Morgan fingerprint density at radius 3 is 2.24 bits per heavy atom. The molecule has 1 unspecified atom stereocenters. The van der Waals surface area contributed by atoms with E-state index in [1.54, 1.807) is 4.90 Å². The van der Waals surface area contributed by atoms with Crippen molar-refractivity contribution in [3.8, 4) is 0 Å². The van der Waals surface area contributed by atoms with Gasteiger partial charge in [0.1, 0.15) is 5.76 Å². The summed E-state index contributed by atoms with van der Waals surface area (Å²) in [7, 11) is 0. The second kappa shape index (κ2) is 8.81. The van der Waals surface area contributed by atoms with E-state index in [-0.39, 0.29) is 22.8 Å². The minimum absolute atomic E-state index is 0.0320. The van der Waals surface area contributed by atoms with E-state index < -0.39 is 17.7 Å². The van der Waals surface area contributed by atoms with Gasteiger partial charge in [-0.05, 0) is 59.9 Å². The van der Waals surface area contributed by atoms with Gasteiger partial charge in [0, 0.05) is 11.6 Å². The lowest BCUT2D eigenvalue weighted by atomic mass is 9.84. The molecule has 174 valence electrons. The predicted molar refractivity (Wildman–Crippen MR) is 132 cm³/mol. The van der Waals surface area contributed by atoms with E-state index in [1.165, 1.54) is 5.56 Å². The SMILES string of the molecule is CCc1ccc(C2/C(=C(\O)c3cc(C(C)(C)C)ccc3C)C(=O)C(=O)N2C2CCCC2)cc1. The molecule has 1 heterocycles. The number of carbonyl (C=O) groups excluding carboxylic acids is 2. The van der Waals surface area contributed by atoms with Crippen LogP contribution >= 0.6 is 0 Å².